The number of carbonyl (C=O) groups excluding carboxylic acids is 5. The van der Waals surface area contributed by atoms with Crippen molar-refractivity contribution in [3.05, 3.63) is 18.2 Å². The van der Waals surface area contributed by atoms with Gasteiger partial charge in [-0.1, -0.05) is 0 Å². The zero-order chi connectivity index (χ0) is 30.2. The molecule has 0 aliphatic rings. The van der Waals surface area contributed by atoms with Crippen LogP contribution in [0.4, 0.5) is 0 Å². The van der Waals surface area contributed by atoms with Crippen LogP contribution < -0.4 is 32.3 Å². The van der Waals surface area contributed by atoms with E-state index in [0.717, 1.165) is 0 Å². The predicted octanol–water partition coefficient (Wildman–Crippen LogP) is -4.22. The summed E-state index contributed by atoms with van der Waals surface area (Å²) < 4.78 is 0. The molecule has 1 heterocycles. The Morgan fingerprint density at radius 3 is 1.90 bits per heavy atom. The van der Waals surface area contributed by atoms with Crippen molar-refractivity contribution >= 4 is 66.7 Å². The summed E-state index contributed by atoms with van der Waals surface area (Å²) in [6.45, 7) is -1.24. The number of nitrogens with zero attached hydrogens (tertiary/aromatic N) is 1. The highest BCUT2D eigenvalue weighted by molar-refractivity contribution is 7.80. The number of hydrogen-bond donors (Lipinski definition) is 11. The average Bonchev–Trinajstić information content (AvgIpc) is 3.43. The molecule has 10 N–H and O–H groups in total. The fraction of sp³-hybridized carbons (Fsp3) is 0.524. The van der Waals surface area contributed by atoms with Gasteiger partial charge in [-0.25, -0.2) is 9.78 Å². The first-order valence-corrected chi connectivity index (χ1v) is 13.0. The van der Waals surface area contributed by atoms with Crippen molar-refractivity contribution in [2.45, 2.75) is 43.4 Å². The summed E-state index contributed by atoms with van der Waals surface area (Å²) in [4.78, 5) is 90.2. The van der Waals surface area contributed by atoms with Crippen molar-refractivity contribution in [2.24, 2.45) is 5.73 Å². The van der Waals surface area contributed by atoms with Crippen molar-refractivity contribution < 1.29 is 43.8 Å². The fourth-order valence-corrected chi connectivity index (χ4v) is 3.40. The van der Waals surface area contributed by atoms with E-state index in [2.05, 4.69) is 61.8 Å². The zero-order valence-corrected chi connectivity index (χ0v) is 22.9. The Morgan fingerprint density at radius 2 is 1.43 bits per heavy atom. The topological polar surface area (TPSA) is 275 Å². The van der Waals surface area contributed by atoms with Gasteiger partial charge in [0.25, 0.3) is 0 Å². The fourth-order valence-electron chi connectivity index (χ4n) is 2.98. The van der Waals surface area contributed by atoms with Gasteiger partial charge in [-0.15, -0.1) is 0 Å². The Balaban J connectivity index is 2.73. The Bertz CT molecular complexity index is 1060. The SMILES string of the molecule is N[C@@H](CS)C(=O)N[C@@H](CS)C(=O)NCC(=O)N[C@@H](Cc1cnc[nH]1)C(=O)NCC(=O)N[C@@H](CCC(=O)O)C(=O)O. The van der Waals surface area contributed by atoms with E-state index in [9.17, 15) is 33.6 Å². The van der Waals surface area contributed by atoms with Gasteiger partial charge in [0.1, 0.15) is 18.1 Å². The van der Waals surface area contributed by atoms with Crippen LogP contribution >= 0.6 is 25.3 Å². The van der Waals surface area contributed by atoms with Crippen molar-refractivity contribution in [3.8, 4) is 0 Å². The van der Waals surface area contributed by atoms with Crippen molar-refractivity contribution in [3.63, 3.8) is 0 Å². The van der Waals surface area contributed by atoms with Crippen LogP contribution in [0.3, 0.4) is 0 Å². The number of carboxylic acids is 2. The quantitative estimate of drug-likeness (QED) is 0.0714. The highest BCUT2D eigenvalue weighted by Gasteiger charge is 2.26. The predicted molar refractivity (Wildman–Crippen MR) is 144 cm³/mol. The highest BCUT2D eigenvalue weighted by Crippen LogP contribution is 2.01. The van der Waals surface area contributed by atoms with Gasteiger partial charge >= 0.3 is 11.9 Å². The molecule has 0 aliphatic heterocycles. The number of rotatable bonds is 18. The number of H-pyrrole nitrogens is 1. The summed E-state index contributed by atoms with van der Waals surface area (Å²) in [5, 5.41) is 29.3. The molecule has 1 rings (SSSR count). The number of aliphatic carboxylic acids is 2. The van der Waals surface area contributed by atoms with E-state index in [1.807, 2.05) is 0 Å². The lowest BCUT2D eigenvalue weighted by Crippen LogP contribution is -2.55. The minimum absolute atomic E-state index is 0.0431. The van der Waals surface area contributed by atoms with Crippen molar-refractivity contribution in [1.82, 2.24) is 36.6 Å². The van der Waals surface area contributed by atoms with Crippen LogP contribution in [-0.4, -0.2) is 110 Å². The van der Waals surface area contributed by atoms with E-state index < -0.39 is 85.2 Å². The van der Waals surface area contributed by atoms with Crippen LogP contribution in [0, 0.1) is 0 Å². The van der Waals surface area contributed by atoms with Crippen LogP contribution in [0.15, 0.2) is 12.5 Å². The minimum atomic E-state index is -1.48. The molecular weight excluding hydrogens is 572 g/mol. The van der Waals surface area contributed by atoms with E-state index in [-0.39, 0.29) is 24.3 Å². The maximum Gasteiger partial charge on any atom is 0.326 e. The second-order valence-electron chi connectivity index (χ2n) is 8.26. The van der Waals surface area contributed by atoms with Gasteiger partial charge in [0.05, 0.1) is 25.5 Å². The first kappa shape index (κ1) is 34.2. The van der Waals surface area contributed by atoms with Crippen LogP contribution in [0.2, 0.25) is 0 Å². The molecule has 0 aromatic carbocycles. The van der Waals surface area contributed by atoms with E-state index in [0.29, 0.717) is 5.69 Å². The van der Waals surface area contributed by atoms with Gasteiger partial charge in [0.15, 0.2) is 0 Å². The number of hydrogen-bond acceptors (Lipinski definition) is 11. The lowest BCUT2D eigenvalue weighted by Gasteiger charge is -2.20. The van der Waals surface area contributed by atoms with Gasteiger partial charge in [0.2, 0.25) is 29.5 Å². The summed E-state index contributed by atoms with van der Waals surface area (Å²) in [6.07, 6.45) is 1.79. The molecule has 0 unspecified atom stereocenters. The Morgan fingerprint density at radius 1 is 0.850 bits per heavy atom. The number of nitrogens with two attached hydrogens (primary N) is 1. The van der Waals surface area contributed by atoms with Gasteiger partial charge < -0.3 is 47.5 Å². The molecule has 1 aromatic rings. The van der Waals surface area contributed by atoms with Crippen molar-refractivity contribution in [1.29, 1.82) is 0 Å². The molecule has 5 amide bonds. The van der Waals surface area contributed by atoms with E-state index in [1.165, 1.54) is 12.5 Å². The third-order valence-electron chi connectivity index (χ3n) is 5.11. The van der Waals surface area contributed by atoms with Gasteiger partial charge in [-0.05, 0) is 6.42 Å². The third-order valence-corrected chi connectivity index (χ3v) is 5.86. The van der Waals surface area contributed by atoms with Crippen LogP contribution in [-0.2, 0) is 40.0 Å². The second kappa shape index (κ2) is 17.7. The molecule has 0 spiro atoms. The molecule has 0 aliphatic carbocycles. The maximum atomic E-state index is 12.8. The zero-order valence-electron chi connectivity index (χ0n) is 21.1. The second-order valence-corrected chi connectivity index (χ2v) is 8.99. The smallest absolute Gasteiger partial charge is 0.326 e. The molecule has 222 valence electrons. The average molecular weight is 605 g/mol. The summed E-state index contributed by atoms with van der Waals surface area (Å²) in [5.74, 6) is -6.61. The van der Waals surface area contributed by atoms with E-state index >= 15 is 0 Å². The molecule has 40 heavy (non-hydrogen) atoms. The van der Waals surface area contributed by atoms with Gasteiger partial charge in [-0.2, -0.15) is 25.3 Å². The number of aromatic amines is 1. The lowest BCUT2D eigenvalue weighted by molar-refractivity contribution is -0.143. The van der Waals surface area contributed by atoms with Crippen LogP contribution in [0.1, 0.15) is 18.5 Å². The molecule has 0 bridgehead atoms. The summed E-state index contributed by atoms with van der Waals surface area (Å²) in [5.41, 5.74) is 6.01. The molecule has 0 fully saturated rings. The minimum Gasteiger partial charge on any atom is -0.481 e. The highest BCUT2D eigenvalue weighted by atomic mass is 32.1. The third kappa shape index (κ3) is 12.8. The van der Waals surface area contributed by atoms with Gasteiger partial charge in [0, 0.05) is 36.2 Å². The summed E-state index contributed by atoms with van der Waals surface area (Å²) in [7, 11) is 0. The Kier molecular flexibility index (Phi) is 15.1. The Labute approximate surface area is 239 Å². The van der Waals surface area contributed by atoms with Crippen LogP contribution in [0.5, 0.6) is 0 Å². The summed E-state index contributed by atoms with van der Waals surface area (Å²) >= 11 is 7.91. The first-order valence-electron chi connectivity index (χ1n) is 11.7. The number of amides is 5. The molecular formula is C21H32N8O9S2. The molecule has 0 saturated carbocycles. The van der Waals surface area contributed by atoms with Crippen LogP contribution in [0.25, 0.3) is 0 Å². The molecule has 0 saturated heterocycles. The number of carbonyl (C=O) groups is 7. The normalized spacial score (nSPS) is 13.6. The van der Waals surface area contributed by atoms with Crippen molar-refractivity contribution in [2.75, 3.05) is 24.6 Å². The van der Waals surface area contributed by atoms with Gasteiger partial charge in [-0.3, -0.25) is 28.8 Å². The number of thiol groups is 2. The number of carboxylic acid groups (broad SMARTS) is 2. The lowest BCUT2D eigenvalue weighted by atomic mass is 10.1. The monoisotopic (exact) mass is 604 g/mol. The molecule has 0 radical (unpaired) electrons. The standard InChI is InChI=1S/C21H32N8O9S2/c22-11(7-39)18(34)29-14(8-40)20(36)25-6-16(31)28-13(3-10-4-23-9-26-10)19(35)24-5-15(30)27-12(21(37)38)1-2-17(32)33/h4,9,11-14,39-40H,1-3,5-8,22H2,(H,23,26)(H,24,35)(H,25,36)(H,27,30)(H,28,31)(H,29,34)(H,32,33)(H,37,38)/t11-,12-,13-,14-/m0/s1. The number of imidazole rings is 1. The number of aromatic nitrogens is 2. The van der Waals surface area contributed by atoms with E-state index in [4.69, 9.17) is 15.9 Å². The maximum absolute atomic E-state index is 12.8. The number of nitrogens with one attached hydrogen (secondary N) is 6. The Hall–Kier alpha value is -3.84. The molecule has 19 heteroatoms. The molecule has 1 aromatic heterocycles. The van der Waals surface area contributed by atoms with E-state index in [1.54, 1.807) is 0 Å². The largest absolute Gasteiger partial charge is 0.481 e. The molecule has 17 nitrogen and oxygen atoms in total. The first-order chi connectivity index (χ1) is 18.9. The molecule has 4 atom stereocenters. The summed E-state index contributed by atoms with van der Waals surface area (Å²) in [6, 6.07) is -4.77.